The minimum Gasteiger partial charge on any atom is -0.506 e. The number of hydrogen-bond donors (Lipinski definition) is 1. The van der Waals surface area contributed by atoms with Crippen molar-refractivity contribution < 1.29 is 39.3 Å². The molecule has 382 valence electrons. The van der Waals surface area contributed by atoms with Crippen LogP contribution >= 0.6 is 50.5 Å². The molecule has 0 saturated carbocycles. The van der Waals surface area contributed by atoms with Crippen molar-refractivity contribution in [2.24, 2.45) is 21.1 Å². The largest absolute Gasteiger partial charge is 0.506 e. The van der Waals surface area contributed by atoms with Gasteiger partial charge in [-0.3, -0.25) is 18.7 Å². The summed E-state index contributed by atoms with van der Waals surface area (Å²) < 4.78 is 91.2. The van der Waals surface area contributed by atoms with Gasteiger partial charge in [-0.05, 0) is 100 Å². The summed E-state index contributed by atoms with van der Waals surface area (Å²) in [5.41, 5.74) is -0.323. The van der Waals surface area contributed by atoms with Crippen molar-refractivity contribution in [2.45, 2.75) is 31.4 Å². The third kappa shape index (κ3) is 13.7. The van der Waals surface area contributed by atoms with Crippen molar-refractivity contribution in [3.05, 3.63) is 210 Å². The van der Waals surface area contributed by atoms with Crippen LogP contribution in [0.25, 0.3) is 32.7 Å². The van der Waals surface area contributed by atoms with Crippen LogP contribution in [0.2, 0.25) is 5.02 Å². The first kappa shape index (κ1) is 57.6. The Kier molecular flexibility index (Phi) is 19.1. The normalized spacial score (nSPS) is 11.5. The number of sulfone groups is 3. The maximum atomic E-state index is 12.8. The second-order valence-corrected chi connectivity index (χ2v) is 28.1. The van der Waals surface area contributed by atoms with Gasteiger partial charge in [-0.25, -0.2) is 34.8 Å². The van der Waals surface area contributed by atoms with E-state index in [0.29, 0.717) is 37.6 Å². The molecule has 0 saturated heterocycles. The van der Waals surface area contributed by atoms with Crippen molar-refractivity contribution in [3.63, 3.8) is 0 Å². The number of benzene rings is 6. The number of aromatic hydroxyl groups is 1. The standard InChI is InChI=1S/C16H12ClNO3S.C16H13NO4S.C9H7NO3.C8H10O2S.Cl3OP/c1-18-13-10-6-5-9-12(13)14(17)15(16(18)19)22(20,21)11-7-3-2-4-8-11;1-17-13-10-6-5-9-12(13)14(18)15(16(17)19)22(20,21)11-7-3-2-4-8-11;1-10-7-5-3-2-4-6(7)8(11)13-9(10)12;1-2-11(9,10)8-6-4-3-5-7-8;1-5(2,3)4/h2-10H,1H3;2-10,18H,1H3;2-5H,1H3;3-7H,2H2,1H3;. The Morgan fingerprint density at radius 1 is 0.493 bits per heavy atom. The van der Waals surface area contributed by atoms with Crippen LogP contribution in [-0.2, 0) is 55.2 Å². The lowest BCUT2D eigenvalue weighted by atomic mass is 10.2. The van der Waals surface area contributed by atoms with Gasteiger partial charge in [0.1, 0.15) is 5.75 Å². The predicted molar refractivity (Wildman–Crippen MR) is 286 cm³/mol. The molecule has 0 spiro atoms. The van der Waals surface area contributed by atoms with Gasteiger partial charge in [0.2, 0.25) is 19.7 Å². The Morgan fingerprint density at radius 2 is 0.822 bits per heavy atom. The molecule has 0 fully saturated rings. The van der Waals surface area contributed by atoms with Crippen LogP contribution in [0, 0.1) is 0 Å². The van der Waals surface area contributed by atoms with E-state index in [1.165, 1.54) is 52.1 Å². The first-order valence-electron chi connectivity index (χ1n) is 21.0. The molecule has 0 amide bonds. The summed E-state index contributed by atoms with van der Waals surface area (Å²) in [7, 11) is -6.50. The van der Waals surface area contributed by atoms with E-state index in [1.54, 1.807) is 153 Å². The van der Waals surface area contributed by atoms with Crippen molar-refractivity contribution in [3.8, 4) is 5.75 Å². The molecule has 1 N–H and O–H groups in total. The number of aryl methyl sites for hydroxylation is 3. The van der Waals surface area contributed by atoms with Gasteiger partial charge in [0.25, 0.3) is 11.1 Å². The molecule has 0 bridgehead atoms. The molecule has 9 aromatic rings. The first-order valence-corrected chi connectivity index (χ1v) is 30.4. The molecule has 0 aliphatic heterocycles. The van der Waals surface area contributed by atoms with Gasteiger partial charge in [0.15, 0.2) is 19.6 Å². The van der Waals surface area contributed by atoms with Gasteiger partial charge in [0, 0.05) is 31.9 Å². The SMILES string of the molecule is CCS(=O)(=O)c1ccccc1.Cn1c(=O)c(S(=O)(=O)c2ccccc2)c(Cl)c2ccccc21.Cn1c(=O)c(S(=O)(=O)c2ccccc2)c(O)c2ccccc21.Cn1c(=O)oc(=O)c2ccccc21.O=P(Cl)(Cl)Cl. The predicted octanol–water partition coefficient (Wildman–Crippen LogP) is 9.88. The van der Waals surface area contributed by atoms with E-state index in [1.807, 2.05) is 0 Å². The number of hydrogen-bond acceptors (Lipinski definition) is 13. The highest BCUT2D eigenvalue weighted by Crippen LogP contribution is 2.61. The Hall–Kier alpha value is -6.28. The highest BCUT2D eigenvalue weighted by atomic mass is 36.0. The Balaban J connectivity index is 0.000000181. The maximum Gasteiger partial charge on any atom is 0.422 e. The molecule has 0 aliphatic rings. The second kappa shape index (κ2) is 24.2. The summed E-state index contributed by atoms with van der Waals surface area (Å²) in [5.74, 6) is -0.983. The highest BCUT2D eigenvalue weighted by molar-refractivity contribution is 8.24. The zero-order valence-corrected chi connectivity index (χ0v) is 45.0. The average Bonchev–Trinajstić information content (AvgIpc) is 3.37. The third-order valence-electron chi connectivity index (χ3n) is 10.5. The summed E-state index contributed by atoms with van der Waals surface area (Å²) in [6.07, 6.45) is 0. The van der Waals surface area contributed by atoms with E-state index in [2.05, 4.69) is 38.1 Å². The van der Waals surface area contributed by atoms with Gasteiger partial charge < -0.3 is 18.7 Å². The molecule has 3 heterocycles. The van der Waals surface area contributed by atoms with Crippen LogP contribution in [0.1, 0.15) is 6.92 Å². The van der Waals surface area contributed by atoms with Gasteiger partial charge >= 0.3 is 16.6 Å². The van der Waals surface area contributed by atoms with Gasteiger partial charge in [0.05, 0.1) is 47.4 Å². The quantitative estimate of drug-likeness (QED) is 0.153. The number of rotatable bonds is 6. The zero-order valence-electron chi connectivity index (χ0n) is 38.7. The molecule has 3 aromatic heterocycles. The summed E-state index contributed by atoms with van der Waals surface area (Å²) in [4.78, 5) is 46.6. The fraction of sp³-hybridized carbons (Fsp3) is 0.102. The fourth-order valence-corrected chi connectivity index (χ4v) is 11.2. The third-order valence-corrected chi connectivity index (χ3v) is 16.4. The molecule has 9 rings (SSSR count). The number of halogens is 4. The lowest BCUT2D eigenvalue weighted by Gasteiger charge is -2.12. The fourth-order valence-electron chi connectivity index (χ4n) is 6.83. The zero-order chi connectivity index (χ0) is 54.1. The van der Waals surface area contributed by atoms with E-state index in [9.17, 15) is 54.1 Å². The Bertz CT molecular complexity index is 3940. The van der Waals surface area contributed by atoms with E-state index in [-0.39, 0.29) is 25.5 Å². The van der Waals surface area contributed by atoms with Crippen molar-refractivity contribution >= 4 is 113 Å². The Labute approximate surface area is 437 Å². The van der Waals surface area contributed by atoms with E-state index in [4.69, 9.17) is 11.6 Å². The second-order valence-electron chi connectivity index (χ2n) is 15.1. The van der Waals surface area contributed by atoms with Gasteiger partial charge in [-0.15, -0.1) is 0 Å². The van der Waals surface area contributed by atoms with Crippen LogP contribution < -0.4 is 22.5 Å². The first-order chi connectivity index (χ1) is 34.2. The van der Waals surface area contributed by atoms with E-state index >= 15 is 0 Å². The summed E-state index contributed by atoms with van der Waals surface area (Å²) in [6.45, 7) is 1.64. The topological polar surface area (TPSA) is 236 Å². The molecule has 6 aromatic carbocycles. The number of pyridine rings is 2. The van der Waals surface area contributed by atoms with Gasteiger partial charge in [-0.1, -0.05) is 116 Å². The molecule has 0 radical (unpaired) electrons. The molecule has 24 heteroatoms. The number of para-hydroxylation sites is 3. The summed E-state index contributed by atoms with van der Waals surface area (Å²) in [6, 6.07) is 44.2. The molecule has 0 unspecified atom stereocenters. The Morgan fingerprint density at radius 3 is 1.26 bits per heavy atom. The molecule has 73 heavy (non-hydrogen) atoms. The summed E-state index contributed by atoms with van der Waals surface area (Å²) in [5, 5.41) is 8.37. The van der Waals surface area contributed by atoms with Crippen molar-refractivity contribution in [1.29, 1.82) is 0 Å². The van der Waals surface area contributed by atoms with Crippen LogP contribution in [0.4, 0.5) is 0 Å². The van der Waals surface area contributed by atoms with E-state index in [0.717, 1.165) is 0 Å². The molecular weight excluding hydrogens is 1110 g/mol. The number of aromatic nitrogens is 3. The van der Waals surface area contributed by atoms with Gasteiger partial charge in [-0.2, -0.15) is 0 Å². The lowest BCUT2D eigenvalue weighted by molar-refractivity contribution is 0.433. The molecular formula is C49H42Cl4N3O13PS3. The smallest absolute Gasteiger partial charge is 0.422 e. The number of nitrogens with zero attached hydrogens (tertiary/aromatic N) is 3. The minimum absolute atomic E-state index is 0.0299. The van der Waals surface area contributed by atoms with Crippen molar-refractivity contribution in [2.75, 3.05) is 5.75 Å². The maximum absolute atomic E-state index is 12.8. The monoisotopic (exact) mass is 1150 g/mol. The molecule has 16 nitrogen and oxygen atoms in total. The molecule has 0 atom stereocenters. The molecule has 0 aliphatic carbocycles. The van der Waals surface area contributed by atoms with Crippen LogP contribution in [0.3, 0.4) is 0 Å². The highest BCUT2D eigenvalue weighted by Gasteiger charge is 2.29. The average molecular weight is 1150 g/mol. The van der Waals surface area contributed by atoms with E-state index < -0.39 is 67.9 Å². The lowest BCUT2D eigenvalue weighted by Crippen LogP contribution is -2.25. The minimum atomic E-state index is -4.10. The van der Waals surface area contributed by atoms with Crippen molar-refractivity contribution in [1.82, 2.24) is 13.7 Å². The number of fused-ring (bicyclic) bond motifs is 3. The van der Waals surface area contributed by atoms with Crippen LogP contribution in [-0.4, -0.2) is 49.8 Å². The summed E-state index contributed by atoms with van der Waals surface area (Å²) >= 11 is 20.1. The van der Waals surface area contributed by atoms with Crippen LogP contribution in [0.15, 0.2) is 212 Å². The van der Waals surface area contributed by atoms with Crippen LogP contribution in [0.5, 0.6) is 5.75 Å².